The topological polar surface area (TPSA) is 85.0 Å². The highest BCUT2D eigenvalue weighted by molar-refractivity contribution is 6.10. The molecule has 1 aromatic rings. The number of fused-ring (bicyclic) bond motifs is 1. The fraction of sp³-hybridized carbons (Fsp3) is 0.571. The summed E-state index contributed by atoms with van der Waals surface area (Å²) in [5.74, 6) is -0.554. The largest absolute Gasteiger partial charge is 0.356 e. The van der Waals surface area contributed by atoms with Crippen LogP contribution in [0.3, 0.4) is 0 Å². The van der Waals surface area contributed by atoms with Gasteiger partial charge in [0.15, 0.2) is 0 Å². The zero-order valence-electron chi connectivity index (χ0n) is 17.2. The van der Waals surface area contributed by atoms with Gasteiger partial charge in [-0.1, -0.05) is 19.1 Å². The maximum atomic E-state index is 12.6. The molecular formula is C21H31N5O3. The van der Waals surface area contributed by atoms with Gasteiger partial charge in [0.25, 0.3) is 0 Å². The van der Waals surface area contributed by atoms with Gasteiger partial charge in [-0.3, -0.25) is 14.4 Å². The van der Waals surface area contributed by atoms with E-state index in [2.05, 4.69) is 27.4 Å². The molecule has 8 heteroatoms. The Morgan fingerprint density at radius 2 is 1.79 bits per heavy atom. The van der Waals surface area contributed by atoms with Crippen molar-refractivity contribution in [2.24, 2.45) is 0 Å². The molecular weight excluding hydrogens is 370 g/mol. The van der Waals surface area contributed by atoms with Gasteiger partial charge in [-0.05, 0) is 31.6 Å². The van der Waals surface area contributed by atoms with Crippen molar-refractivity contribution in [3.8, 4) is 0 Å². The highest BCUT2D eigenvalue weighted by Crippen LogP contribution is 2.29. The van der Waals surface area contributed by atoms with E-state index < -0.39 is 0 Å². The van der Waals surface area contributed by atoms with Crippen molar-refractivity contribution in [2.75, 3.05) is 62.6 Å². The summed E-state index contributed by atoms with van der Waals surface area (Å²) in [5.41, 5.74) is 1.31. The van der Waals surface area contributed by atoms with Crippen LogP contribution in [0.5, 0.6) is 0 Å². The van der Waals surface area contributed by atoms with Gasteiger partial charge in [-0.15, -0.1) is 0 Å². The van der Waals surface area contributed by atoms with E-state index in [0.717, 1.165) is 45.7 Å². The van der Waals surface area contributed by atoms with Gasteiger partial charge in [0.2, 0.25) is 17.7 Å². The number of anilines is 2. The van der Waals surface area contributed by atoms with Crippen LogP contribution in [0, 0.1) is 0 Å². The number of piperazine rings is 1. The van der Waals surface area contributed by atoms with E-state index in [0.29, 0.717) is 17.9 Å². The van der Waals surface area contributed by atoms with Gasteiger partial charge >= 0.3 is 0 Å². The monoisotopic (exact) mass is 401 g/mol. The first-order chi connectivity index (χ1) is 14.1. The number of hydrogen-bond donors (Lipinski definition) is 2. The van der Waals surface area contributed by atoms with Crippen LogP contribution in [0.15, 0.2) is 24.3 Å². The molecule has 2 aliphatic heterocycles. The Morgan fingerprint density at radius 1 is 1.07 bits per heavy atom. The van der Waals surface area contributed by atoms with Crippen molar-refractivity contribution in [3.63, 3.8) is 0 Å². The molecule has 3 amide bonds. The molecule has 1 fully saturated rings. The van der Waals surface area contributed by atoms with Gasteiger partial charge < -0.3 is 25.3 Å². The Kier molecular flexibility index (Phi) is 7.60. The summed E-state index contributed by atoms with van der Waals surface area (Å²) in [6.45, 7) is 9.29. The summed E-state index contributed by atoms with van der Waals surface area (Å²) in [5, 5.41) is 5.66. The van der Waals surface area contributed by atoms with E-state index in [9.17, 15) is 14.4 Å². The second kappa shape index (κ2) is 10.4. The Labute approximate surface area is 172 Å². The molecule has 0 radical (unpaired) electrons. The number of carbonyl (C=O) groups excluding carboxylic acids is 3. The first-order valence-corrected chi connectivity index (χ1v) is 10.5. The Morgan fingerprint density at radius 3 is 2.55 bits per heavy atom. The number of nitrogens with one attached hydrogen (secondary N) is 2. The van der Waals surface area contributed by atoms with Gasteiger partial charge in [-0.2, -0.15) is 0 Å². The molecule has 0 unspecified atom stereocenters. The van der Waals surface area contributed by atoms with Crippen molar-refractivity contribution in [2.45, 2.75) is 26.2 Å². The standard InChI is InChI=1S/C21H31N5O3/c1-2-24-12-14-25(15-13-24)11-5-10-22-19(27)8-9-21(29)26-16-20(28)23-17-6-3-4-7-18(17)26/h3-4,6-7H,2,5,8-16H2,1H3,(H,22,27)(H,23,28). The third-order valence-corrected chi connectivity index (χ3v) is 5.52. The number of carbonyl (C=O) groups is 3. The molecule has 1 aromatic carbocycles. The van der Waals surface area contributed by atoms with Crippen molar-refractivity contribution >= 4 is 29.1 Å². The smallest absolute Gasteiger partial charge is 0.244 e. The number of nitrogens with zero attached hydrogens (tertiary/aromatic N) is 3. The minimum atomic E-state index is -0.221. The molecule has 2 N–H and O–H groups in total. The van der Waals surface area contributed by atoms with Gasteiger partial charge in [-0.25, -0.2) is 0 Å². The molecule has 0 aromatic heterocycles. The summed E-state index contributed by atoms with van der Waals surface area (Å²) in [4.78, 5) is 42.8. The van der Waals surface area contributed by atoms with Crippen molar-refractivity contribution in [1.29, 1.82) is 0 Å². The minimum absolute atomic E-state index is 0.0112. The van der Waals surface area contributed by atoms with Gasteiger partial charge in [0.05, 0.1) is 11.4 Å². The normalized spacial score (nSPS) is 17.6. The van der Waals surface area contributed by atoms with E-state index in [1.54, 1.807) is 12.1 Å². The molecule has 8 nitrogen and oxygen atoms in total. The minimum Gasteiger partial charge on any atom is -0.356 e. The van der Waals surface area contributed by atoms with E-state index in [4.69, 9.17) is 0 Å². The van der Waals surface area contributed by atoms with Crippen LogP contribution >= 0.6 is 0 Å². The lowest BCUT2D eigenvalue weighted by Gasteiger charge is -2.33. The zero-order chi connectivity index (χ0) is 20.6. The summed E-state index contributed by atoms with van der Waals surface area (Å²) < 4.78 is 0. The second-order valence-corrected chi connectivity index (χ2v) is 7.52. The quantitative estimate of drug-likeness (QED) is 0.632. The first-order valence-electron chi connectivity index (χ1n) is 10.5. The molecule has 2 aliphatic rings. The van der Waals surface area contributed by atoms with E-state index in [-0.39, 0.29) is 37.1 Å². The Bertz CT molecular complexity index is 731. The second-order valence-electron chi connectivity index (χ2n) is 7.52. The lowest BCUT2D eigenvalue weighted by atomic mass is 10.1. The van der Waals surface area contributed by atoms with Gasteiger partial charge in [0.1, 0.15) is 6.54 Å². The SMILES string of the molecule is CCN1CCN(CCCNC(=O)CCC(=O)N2CC(=O)Nc3ccccc32)CC1. The number of amides is 3. The molecule has 3 rings (SSSR count). The third kappa shape index (κ3) is 6.01. The molecule has 0 atom stereocenters. The van der Waals surface area contributed by atoms with Crippen LogP contribution < -0.4 is 15.5 Å². The maximum Gasteiger partial charge on any atom is 0.244 e. The predicted molar refractivity (Wildman–Crippen MR) is 113 cm³/mol. The van der Waals surface area contributed by atoms with Crippen molar-refractivity contribution < 1.29 is 14.4 Å². The van der Waals surface area contributed by atoms with Crippen LogP contribution in [-0.2, 0) is 14.4 Å². The van der Waals surface area contributed by atoms with Crippen LogP contribution in [0.4, 0.5) is 11.4 Å². The number of para-hydroxylation sites is 2. The first kappa shape index (κ1) is 21.3. The van der Waals surface area contributed by atoms with Crippen molar-refractivity contribution in [3.05, 3.63) is 24.3 Å². The van der Waals surface area contributed by atoms with E-state index >= 15 is 0 Å². The average molecular weight is 402 g/mol. The van der Waals surface area contributed by atoms with Crippen LogP contribution in [0.1, 0.15) is 26.2 Å². The van der Waals surface area contributed by atoms with Crippen molar-refractivity contribution in [1.82, 2.24) is 15.1 Å². The lowest BCUT2D eigenvalue weighted by molar-refractivity contribution is -0.125. The Hall–Kier alpha value is -2.45. The lowest BCUT2D eigenvalue weighted by Crippen LogP contribution is -2.46. The maximum absolute atomic E-state index is 12.6. The number of likely N-dealkylation sites (N-methyl/N-ethyl adjacent to an activating group) is 1. The number of hydrogen-bond acceptors (Lipinski definition) is 5. The average Bonchev–Trinajstić information content (AvgIpc) is 2.74. The van der Waals surface area contributed by atoms with Crippen LogP contribution in [-0.4, -0.2) is 79.9 Å². The zero-order valence-corrected chi connectivity index (χ0v) is 17.2. The molecule has 0 bridgehead atoms. The van der Waals surface area contributed by atoms with E-state index in [1.165, 1.54) is 4.90 Å². The third-order valence-electron chi connectivity index (χ3n) is 5.52. The van der Waals surface area contributed by atoms with Crippen LogP contribution in [0.2, 0.25) is 0 Å². The highest BCUT2D eigenvalue weighted by Gasteiger charge is 2.26. The number of rotatable bonds is 8. The fourth-order valence-electron chi connectivity index (χ4n) is 3.76. The molecule has 0 saturated carbocycles. The number of benzene rings is 1. The molecule has 29 heavy (non-hydrogen) atoms. The summed E-state index contributed by atoms with van der Waals surface area (Å²) >= 11 is 0. The molecule has 158 valence electrons. The summed E-state index contributed by atoms with van der Waals surface area (Å²) in [7, 11) is 0. The molecule has 0 spiro atoms. The summed E-state index contributed by atoms with van der Waals surface area (Å²) in [6.07, 6.45) is 1.13. The summed E-state index contributed by atoms with van der Waals surface area (Å²) in [6, 6.07) is 7.20. The fourth-order valence-corrected chi connectivity index (χ4v) is 3.76. The van der Waals surface area contributed by atoms with Crippen LogP contribution in [0.25, 0.3) is 0 Å². The Balaban J connectivity index is 1.34. The predicted octanol–water partition coefficient (Wildman–Crippen LogP) is 0.896. The molecule has 1 saturated heterocycles. The molecule has 2 heterocycles. The molecule has 0 aliphatic carbocycles. The van der Waals surface area contributed by atoms with E-state index in [1.807, 2.05) is 12.1 Å². The highest BCUT2D eigenvalue weighted by atomic mass is 16.2. The van der Waals surface area contributed by atoms with Gasteiger partial charge in [0, 0.05) is 45.6 Å².